The van der Waals surface area contributed by atoms with Gasteiger partial charge < -0.3 is 15.0 Å². The Bertz CT molecular complexity index is 1060. The molecule has 1 heterocycles. The molecule has 1 aromatic heterocycles. The summed E-state index contributed by atoms with van der Waals surface area (Å²) in [5.41, 5.74) is 1.06. The van der Waals surface area contributed by atoms with Crippen molar-refractivity contribution in [2.45, 2.75) is 19.9 Å². The molecule has 0 aliphatic carbocycles. The number of para-hydroxylation sites is 1. The number of hydrogen-bond donors (Lipinski definition) is 2. The summed E-state index contributed by atoms with van der Waals surface area (Å²) in [4.78, 5) is 40.3. The van der Waals surface area contributed by atoms with E-state index in [0.717, 1.165) is 17.0 Å². The van der Waals surface area contributed by atoms with E-state index < -0.39 is 30.3 Å². The molecule has 3 aromatic rings. The number of rotatable bonds is 7. The number of ether oxygens (including phenoxy) is 1. The predicted molar refractivity (Wildman–Crippen MR) is 106 cm³/mol. The highest BCUT2D eigenvalue weighted by atomic mass is 19.1. The third-order valence-electron chi connectivity index (χ3n) is 4.56. The predicted octanol–water partition coefficient (Wildman–Crippen LogP) is 3.49. The van der Waals surface area contributed by atoms with Crippen LogP contribution in [0.1, 0.15) is 34.6 Å². The molecule has 6 nitrogen and oxygen atoms in total. The van der Waals surface area contributed by atoms with E-state index in [2.05, 4.69) is 10.3 Å². The van der Waals surface area contributed by atoms with Crippen LogP contribution >= 0.6 is 0 Å². The number of H-pyrrole nitrogens is 1. The van der Waals surface area contributed by atoms with Gasteiger partial charge in [0.25, 0.3) is 5.91 Å². The van der Waals surface area contributed by atoms with Crippen molar-refractivity contribution in [2.75, 3.05) is 6.61 Å². The first-order valence-corrected chi connectivity index (χ1v) is 9.20. The molecule has 0 aliphatic rings. The zero-order valence-electron chi connectivity index (χ0n) is 16.1. The van der Waals surface area contributed by atoms with Crippen molar-refractivity contribution in [3.8, 4) is 0 Å². The Morgan fingerprint density at radius 2 is 1.72 bits per heavy atom. The van der Waals surface area contributed by atoms with Crippen LogP contribution in [-0.4, -0.2) is 35.3 Å². The molecule has 1 atom stereocenters. The number of benzene rings is 2. The van der Waals surface area contributed by atoms with Crippen LogP contribution in [0, 0.1) is 11.7 Å². The Hall–Kier alpha value is -3.48. The van der Waals surface area contributed by atoms with Crippen LogP contribution < -0.4 is 5.32 Å². The molecule has 0 saturated heterocycles. The summed E-state index contributed by atoms with van der Waals surface area (Å²) in [5, 5.41) is 3.23. The van der Waals surface area contributed by atoms with Crippen LogP contribution in [0.25, 0.3) is 10.9 Å². The third-order valence-corrected chi connectivity index (χ3v) is 4.56. The summed E-state index contributed by atoms with van der Waals surface area (Å²) >= 11 is 0. The minimum atomic E-state index is -1.02. The van der Waals surface area contributed by atoms with Crippen molar-refractivity contribution in [3.63, 3.8) is 0 Å². The minimum Gasteiger partial charge on any atom is -0.456 e. The van der Waals surface area contributed by atoms with Crippen LogP contribution in [0.3, 0.4) is 0 Å². The number of fused-ring (bicyclic) bond motifs is 1. The molecule has 0 fully saturated rings. The molecule has 2 N–H and O–H groups in total. The molecular weight excluding hydrogens is 375 g/mol. The first-order valence-electron chi connectivity index (χ1n) is 9.20. The summed E-state index contributed by atoms with van der Waals surface area (Å²) in [6.07, 6.45) is 1.57. The van der Waals surface area contributed by atoms with Crippen molar-refractivity contribution in [1.82, 2.24) is 10.3 Å². The highest BCUT2D eigenvalue weighted by Gasteiger charge is 2.28. The summed E-state index contributed by atoms with van der Waals surface area (Å²) in [6, 6.07) is 11.8. The normalized spacial score (nSPS) is 12.0. The second-order valence-corrected chi connectivity index (χ2v) is 6.95. The lowest BCUT2D eigenvalue weighted by atomic mass is 10.0. The monoisotopic (exact) mass is 396 g/mol. The number of carbonyl (C=O) groups is 3. The molecule has 0 saturated carbocycles. The van der Waals surface area contributed by atoms with Gasteiger partial charge in [0.2, 0.25) is 5.78 Å². The second-order valence-electron chi connectivity index (χ2n) is 6.95. The molecule has 0 radical (unpaired) electrons. The van der Waals surface area contributed by atoms with Gasteiger partial charge in [-0.1, -0.05) is 44.2 Å². The molecule has 2 aromatic carbocycles. The molecule has 0 aliphatic heterocycles. The number of hydrogen-bond acceptors (Lipinski definition) is 4. The SMILES string of the molecule is CC(C)[C@@H](NC(=O)c1ccccc1F)C(=O)OCC(=O)c1c[nH]c2ccccc12. The van der Waals surface area contributed by atoms with E-state index in [1.54, 1.807) is 26.1 Å². The topological polar surface area (TPSA) is 88.3 Å². The maximum absolute atomic E-state index is 13.8. The molecule has 1 amide bonds. The summed E-state index contributed by atoms with van der Waals surface area (Å²) in [5.74, 6) is -2.84. The number of Topliss-reactive ketones (excluding diaryl/α,β-unsaturated/α-hetero) is 1. The average Bonchev–Trinajstić information content (AvgIpc) is 3.14. The van der Waals surface area contributed by atoms with Gasteiger partial charge in [-0.3, -0.25) is 9.59 Å². The van der Waals surface area contributed by atoms with E-state index in [4.69, 9.17) is 4.74 Å². The molecule has 0 unspecified atom stereocenters. The molecule has 7 heteroatoms. The number of aromatic amines is 1. The maximum Gasteiger partial charge on any atom is 0.329 e. The van der Waals surface area contributed by atoms with Crippen LogP contribution in [0.4, 0.5) is 4.39 Å². The van der Waals surface area contributed by atoms with Gasteiger partial charge in [-0.15, -0.1) is 0 Å². The van der Waals surface area contributed by atoms with Crippen molar-refractivity contribution in [3.05, 3.63) is 71.7 Å². The van der Waals surface area contributed by atoms with Gasteiger partial charge in [0, 0.05) is 22.7 Å². The fourth-order valence-electron chi connectivity index (χ4n) is 2.97. The van der Waals surface area contributed by atoms with Gasteiger partial charge in [0.05, 0.1) is 5.56 Å². The number of aromatic nitrogens is 1. The first-order chi connectivity index (χ1) is 13.9. The lowest BCUT2D eigenvalue weighted by Crippen LogP contribution is -2.46. The number of esters is 1. The Morgan fingerprint density at radius 1 is 1.03 bits per heavy atom. The van der Waals surface area contributed by atoms with Crippen LogP contribution in [0.15, 0.2) is 54.7 Å². The Morgan fingerprint density at radius 3 is 2.45 bits per heavy atom. The summed E-state index contributed by atoms with van der Waals surface area (Å²) in [6.45, 7) is 2.98. The largest absolute Gasteiger partial charge is 0.456 e. The number of nitrogens with one attached hydrogen (secondary N) is 2. The average molecular weight is 396 g/mol. The lowest BCUT2D eigenvalue weighted by Gasteiger charge is -2.20. The zero-order chi connectivity index (χ0) is 21.0. The van der Waals surface area contributed by atoms with E-state index in [1.165, 1.54) is 18.2 Å². The van der Waals surface area contributed by atoms with Crippen molar-refractivity contribution in [2.24, 2.45) is 5.92 Å². The van der Waals surface area contributed by atoms with Crippen LogP contribution in [-0.2, 0) is 9.53 Å². The van der Waals surface area contributed by atoms with Gasteiger partial charge in [-0.2, -0.15) is 0 Å². The van der Waals surface area contributed by atoms with Crippen molar-refractivity contribution < 1.29 is 23.5 Å². The third kappa shape index (κ3) is 4.51. The fraction of sp³-hybridized carbons (Fsp3) is 0.227. The Kier molecular flexibility index (Phi) is 6.07. The Balaban J connectivity index is 1.66. The van der Waals surface area contributed by atoms with Gasteiger partial charge in [-0.05, 0) is 24.1 Å². The van der Waals surface area contributed by atoms with Gasteiger partial charge >= 0.3 is 5.97 Å². The number of amides is 1. The number of halogens is 1. The number of carbonyl (C=O) groups excluding carboxylic acids is 3. The van der Waals surface area contributed by atoms with Gasteiger partial charge in [0.1, 0.15) is 11.9 Å². The van der Waals surface area contributed by atoms with Crippen LogP contribution in [0.5, 0.6) is 0 Å². The van der Waals surface area contributed by atoms with Crippen LogP contribution in [0.2, 0.25) is 0 Å². The van der Waals surface area contributed by atoms with Crippen molar-refractivity contribution >= 4 is 28.6 Å². The van der Waals surface area contributed by atoms with Crippen molar-refractivity contribution in [1.29, 1.82) is 0 Å². The smallest absolute Gasteiger partial charge is 0.329 e. The minimum absolute atomic E-state index is 0.166. The van der Waals surface area contributed by atoms with E-state index in [0.29, 0.717) is 5.56 Å². The first kappa shape index (κ1) is 20.3. The molecule has 0 spiro atoms. The lowest BCUT2D eigenvalue weighted by molar-refractivity contribution is -0.145. The van der Waals surface area contributed by atoms with E-state index in [-0.39, 0.29) is 17.3 Å². The standard InChI is InChI=1S/C22H21FN2O4/c1-13(2)20(25-21(27)15-8-3-5-9-17(15)23)22(28)29-12-19(26)16-11-24-18-10-6-4-7-14(16)18/h3-11,13,20,24H,12H2,1-2H3,(H,25,27)/t20-/m1/s1. The van der Waals surface area contributed by atoms with E-state index in [1.807, 2.05) is 18.2 Å². The fourth-order valence-corrected chi connectivity index (χ4v) is 2.97. The summed E-state index contributed by atoms with van der Waals surface area (Å²) in [7, 11) is 0. The second kappa shape index (κ2) is 8.68. The zero-order valence-corrected chi connectivity index (χ0v) is 16.1. The highest BCUT2D eigenvalue weighted by Crippen LogP contribution is 2.18. The van der Waals surface area contributed by atoms with E-state index >= 15 is 0 Å². The van der Waals surface area contributed by atoms with Gasteiger partial charge in [-0.25, -0.2) is 9.18 Å². The molecule has 150 valence electrons. The highest BCUT2D eigenvalue weighted by molar-refractivity contribution is 6.09. The number of ketones is 1. The van der Waals surface area contributed by atoms with Gasteiger partial charge in [0.15, 0.2) is 6.61 Å². The summed E-state index contributed by atoms with van der Waals surface area (Å²) < 4.78 is 19.0. The van der Waals surface area contributed by atoms with E-state index in [9.17, 15) is 18.8 Å². The molecule has 0 bridgehead atoms. The molecule has 3 rings (SSSR count). The Labute approximate surface area is 167 Å². The quantitative estimate of drug-likeness (QED) is 0.473. The molecular formula is C22H21FN2O4. The molecule has 29 heavy (non-hydrogen) atoms. The maximum atomic E-state index is 13.8.